The average Bonchev–Trinajstić information content (AvgIpc) is 2.61. The van der Waals surface area contributed by atoms with E-state index in [-0.39, 0.29) is 17.4 Å². The van der Waals surface area contributed by atoms with Crippen LogP contribution >= 0.6 is 15.9 Å². The van der Waals surface area contributed by atoms with Crippen molar-refractivity contribution in [2.75, 3.05) is 14.2 Å². The SMILES string of the molecule is COC(=Cc1ccc(O)cc1)C(=O)NC=Cc1ccc(OC)c(Br)c1. The van der Waals surface area contributed by atoms with Gasteiger partial charge in [-0.25, -0.2) is 0 Å². The van der Waals surface area contributed by atoms with E-state index in [1.807, 2.05) is 18.2 Å². The molecule has 25 heavy (non-hydrogen) atoms. The maximum atomic E-state index is 12.2. The Morgan fingerprint density at radius 2 is 1.80 bits per heavy atom. The number of hydrogen-bond acceptors (Lipinski definition) is 4. The lowest BCUT2D eigenvalue weighted by Gasteiger charge is -2.06. The van der Waals surface area contributed by atoms with Crippen molar-refractivity contribution in [3.05, 3.63) is 70.0 Å². The van der Waals surface area contributed by atoms with Crippen LogP contribution in [-0.4, -0.2) is 25.2 Å². The Kier molecular flexibility index (Phi) is 6.65. The van der Waals surface area contributed by atoms with Crippen LogP contribution in [0.5, 0.6) is 11.5 Å². The molecule has 0 aliphatic carbocycles. The lowest BCUT2D eigenvalue weighted by atomic mass is 10.2. The summed E-state index contributed by atoms with van der Waals surface area (Å²) in [6.45, 7) is 0. The minimum atomic E-state index is -0.376. The zero-order chi connectivity index (χ0) is 18.2. The number of halogens is 1. The molecular formula is C19H18BrNO4. The maximum Gasteiger partial charge on any atom is 0.290 e. The van der Waals surface area contributed by atoms with Crippen LogP contribution in [0.3, 0.4) is 0 Å². The van der Waals surface area contributed by atoms with Gasteiger partial charge in [-0.05, 0) is 63.5 Å². The van der Waals surface area contributed by atoms with Gasteiger partial charge in [0.2, 0.25) is 0 Å². The second kappa shape index (κ2) is 8.94. The van der Waals surface area contributed by atoms with Crippen molar-refractivity contribution in [1.29, 1.82) is 0 Å². The van der Waals surface area contributed by atoms with Gasteiger partial charge in [-0.15, -0.1) is 0 Å². The minimum Gasteiger partial charge on any atom is -0.508 e. The zero-order valence-electron chi connectivity index (χ0n) is 13.8. The van der Waals surface area contributed by atoms with Gasteiger partial charge >= 0.3 is 0 Å². The van der Waals surface area contributed by atoms with Crippen LogP contribution in [0.25, 0.3) is 12.2 Å². The fourth-order valence-electron chi connectivity index (χ4n) is 2.01. The highest BCUT2D eigenvalue weighted by Gasteiger charge is 2.08. The molecule has 0 saturated heterocycles. The third kappa shape index (κ3) is 5.39. The van der Waals surface area contributed by atoms with Gasteiger partial charge in [0.1, 0.15) is 11.5 Å². The van der Waals surface area contributed by atoms with Gasteiger partial charge in [0, 0.05) is 6.20 Å². The van der Waals surface area contributed by atoms with E-state index >= 15 is 0 Å². The molecule has 0 bridgehead atoms. The summed E-state index contributed by atoms with van der Waals surface area (Å²) in [7, 11) is 3.03. The molecule has 0 spiro atoms. The highest BCUT2D eigenvalue weighted by molar-refractivity contribution is 9.10. The van der Waals surface area contributed by atoms with E-state index in [1.54, 1.807) is 49.7 Å². The van der Waals surface area contributed by atoms with Gasteiger partial charge in [-0.1, -0.05) is 18.2 Å². The Morgan fingerprint density at radius 3 is 2.40 bits per heavy atom. The number of hydrogen-bond donors (Lipinski definition) is 2. The molecule has 2 aromatic carbocycles. The Bertz CT molecular complexity index is 798. The van der Waals surface area contributed by atoms with Crippen LogP contribution < -0.4 is 10.1 Å². The smallest absolute Gasteiger partial charge is 0.290 e. The van der Waals surface area contributed by atoms with Gasteiger partial charge in [0.25, 0.3) is 5.91 Å². The van der Waals surface area contributed by atoms with Crippen LogP contribution in [-0.2, 0) is 9.53 Å². The molecule has 0 saturated carbocycles. The molecule has 0 fully saturated rings. The molecule has 5 nitrogen and oxygen atoms in total. The monoisotopic (exact) mass is 403 g/mol. The molecule has 0 aromatic heterocycles. The number of nitrogens with one attached hydrogen (secondary N) is 1. The van der Waals surface area contributed by atoms with Crippen LogP contribution in [0.4, 0.5) is 0 Å². The van der Waals surface area contributed by atoms with Crippen LogP contribution in [0, 0.1) is 0 Å². The summed E-state index contributed by atoms with van der Waals surface area (Å²) in [6.07, 6.45) is 4.89. The van der Waals surface area contributed by atoms with Gasteiger partial charge in [0.15, 0.2) is 5.76 Å². The molecule has 130 valence electrons. The molecule has 0 heterocycles. The van der Waals surface area contributed by atoms with Crippen LogP contribution in [0.1, 0.15) is 11.1 Å². The molecule has 0 aliphatic rings. The maximum absolute atomic E-state index is 12.2. The van der Waals surface area contributed by atoms with E-state index in [1.165, 1.54) is 7.11 Å². The molecule has 0 aliphatic heterocycles. The minimum absolute atomic E-state index is 0.159. The van der Waals surface area contributed by atoms with Gasteiger partial charge in [-0.3, -0.25) is 4.79 Å². The molecule has 2 aromatic rings. The first kappa shape index (κ1) is 18.6. The predicted molar refractivity (Wildman–Crippen MR) is 101 cm³/mol. The van der Waals surface area contributed by atoms with Crippen molar-refractivity contribution in [2.24, 2.45) is 0 Å². The van der Waals surface area contributed by atoms with Gasteiger partial charge in [0.05, 0.1) is 18.7 Å². The molecule has 2 rings (SSSR count). The molecular weight excluding hydrogens is 386 g/mol. The standard InChI is InChI=1S/C19H18BrNO4/c1-24-17-8-5-14(11-16(17)20)9-10-21-19(23)18(25-2)12-13-3-6-15(22)7-4-13/h3-12,22H,1-2H3,(H,21,23). The lowest BCUT2D eigenvalue weighted by Crippen LogP contribution is -2.20. The molecule has 0 radical (unpaired) electrons. The number of carbonyl (C=O) groups excluding carboxylic acids is 1. The molecule has 0 atom stereocenters. The van der Waals surface area contributed by atoms with Crippen molar-refractivity contribution in [3.63, 3.8) is 0 Å². The van der Waals surface area contributed by atoms with E-state index in [0.29, 0.717) is 0 Å². The second-order valence-corrected chi connectivity index (χ2v) is 5.86. The summed E-state index contributed by atoms with van der Waals surface area (Å²) < 4.78 is 11.1. The first-order valence-corrected chi connectivity index (χ1v) is 8.18. The van der Waals surface area contributed by atoms with Crippen LogP contribution in [0.15, 0.2) is 58.9 Å². The number of amides is 1. The lowest BCUT2D eigenvalue weighted by molar-refractivity contribution is -0.119. The summed E-state index contributed by atoms with van der Waals surface area (Å²) in [4.78, 5) is 12.2. The third-order valence-electron chi connectivity index (χ3n) is 3.30. The number of benzene rings is 2. The quantitative estimate of drug-likeness (QED) is 0.566. The number of phenols is 1. The Hall–Kier alpha value is -2.73. The molecule has 0 unspecified atom stereocenters. The predicted octanol–water partition coefficient (Wildman–Crippen LogP) is 3.94. The first-order valence-electron chi connectivity index (χ1n) is 7.39. The second-order valence-electron chi connectivity index (χ2n) is 5.01. The fraction of sp³-hybridized carbons (Fsp3) is 0.105. The zero-order valence-corrected chi connectivity index (χ0v) is 15.4. The van der Waals surface area contributed by atoms with E-state index in [4.69, 9.17) is 9.47 Å². The van der Waals surface area contributed by atoms with Crippen molar-refractivity contribution in [1.82, 2.24) is 5.32 Å². The Labute approximate surface area is 154 Å². The van der Waals surface area contributed by atoms with Gasteiger partial charge in [-0.2, -0.15) is 0 Å². The highest BCUT2D eigenvalue weighted by Crippen LogP contribution is 2.25. The highest BCUT2D eigenvalue weighted by atomic mass is 79.9. The normalized spacial score (nSPS) is 11.4. The number of phenolic OH excluding ortho intramolecular Hbond substituents is 1. The molecule has 6 heteroatoms. The van der Waals surface area contributed by atoms with Crippen molar-refractivity contribution < 1.29 is 19.4 Å². The van der Waals surface area contributed by atoms with Crippen molar-refractivity contribution in [2.45, 2.75) is 0 Å². The third-order valence-corrected chi connectivity index (χ3v) is 3.92. The summed E-state index contributed by atoms with van der Waals surface area (Å²) in [6, 6.07) is 12.0. The van der Waals surface area contributed by atoms with E-state index in [0.717, 1.165) is 21.3 Å². The summed E-state index contributed by atoms with van der Waals surface area (Å²) in [5.74, 6) is 0.680. The number of methoxy groups -OCH3 is 2. The molecule has 1 amide bonds. The van der Waals surface area contributed by atoms with E-state index in [2.05, 4.69) is 21.2 Å². The largest absolute Gasteiger partial charge is 0.508 e. The number of carbonyl (C=O) groups is 1. The summed E-state index contributed by atoms with van der Waals surface area (Å²) in [5, 5.41) is 11.9. The number of aromatic hydroxyl groups is 1. The summed E-state index contributed by atoms with van der Waals surface area (Å²) >= 11 is 3.41. The average molecular weight is 404 g/mol. The molecule has 2 N–H and O–H groups in total. The van der Waals surface area contributed by atoms with Crippen molar-refractivity contribution in [3.8, 4) is 11.5 Å². The van der Waals surface area contributed by atoms with Crippen molar-refractivity contribution >= 4 is 34.0 Å². The number of ether oxygens (including phenoxy) is 2. The topological polar surface area (TPSA) is 67.8 Å². The Balaban J connectivity index is 2.04. The van der Waals surface area contributed by atoms with Gasteiger partial charge < -0.3 is 19.9 Å². The first-order chi connectivity index (χ1) is 12.0. The fourth-order valence-corrected chi connectivity index (χ4v) is 2.57. The van der Waals surface area contributed by atoms with E-state index in [9.17, 15) is 9.90 Å². The van der Waals surface area contributed by atoms with Crippen LogP contribution in [0.2, 0.25) is 0 Å². The summed E-state index contributed by atoms with van der Waals surface area (Å²) in [5.41, 5.74) is 1.64. The number of rotatable bonds is 6. The van der Waals surface area contributed by atoms with E-state index < -0.39 is 0 Å². The Morgan fingerprint density at radius 1 is 1.12 bits per heavy atom.